The molecular weight excluding hydrogens is 1950 g/mol. The van der Waals surface area contributed by atoms with E-state index in [1.165, 1.54) is 40.6 Å². The Kier molecular flexibility index (Phi) is 36.7. The van der Waals surface area contributed by atoms with Gasteiger partial charge in [0.15, 0.2) is 39.3 Å². The topological polar surface area (TPSA) is 250 Å². The summed E-state index contributed by atoms with van der Waals surface area (Å²) in [5.74, 6) is -0.171. The van der Waals surface area contributed by atoms with Crippen LogP contribution in [0.25, 0.3) is 0 Å². The van der Waals surface area contributed by atoms with Crippen LogP contribution in [0.15, 0.2) is 339 Å². The van der Waals surface area contributed by atoms with Gasteiger partial charge >= 0.3 is 0 Å². The second-order valence-electron chi connectivity index (χ2n) is 32.8. The maximum absolute atomic E-state index is 12.8. The first-order chi connectivity index (χ1) is 63.7. The number of anilines is 4. The fourth-order valence-corrected chi connectivity index (χ4v) is 23.7. The SMILES string of the molecule is Cc1cc(C)c(S(=O)(=O)Nc2cnn(Cc3ccc(Cl)cc3Cl)c2)c(C)c1.Cc1ccc(S(=O)(=O)Cc2ccccc2CNc2ccc(C)cc2C)cc1.Cc1ccc(S(=O)(=O)Cc2ccccc2CNc2cccc(Br)c2)cc1.Cc1ccc(S(=O)(=O)Cc2ccccc2CNc2cccc(C)c2C)cc1.O=S(=O)(Cc1cccc(CCc2ccccn2)c1)c1cc(Cl)c(Cl)cc1Cl. The van der Waals surface area contributed by atoms with Gasteiger partial charge < -0.3 is 16.0 Å². The summed E-state index contributed by atoms with van der Waals surface area (Å²) in [5, 5.41) is 16.0. The maximum Gasteiger partial charge on any atom is 0.262 e. The molecule has 0 amide bonds. The number of rotatable bonds is 29. The molecule has 15 rings (SSSR count). The summed E-state index contributed by atoms with van der Waals surface area (Å²) in [6.45, 7) is 21.8. The predicted molar refractivity (Wildman–Crippen MR) is 553 cm³/mol. The highest BCUT2D eigenvalue weighted by molar-refractivity contribution is 9.10. The van der Waals surface area contributed by atoms with Crippen molar-refractivity contribution in [3.63, 3.8) is 0 Å². The summed E-state index contributed by atoms with van der Waals surface area (Å²) in [4.78, 5) is 5.67. The molecule has 15 aromatic rings. The van der Waals surface area contributed by atoms with Crippen molar-refractivity contribution in [2.45, 2.75) is 156 Å². The molecule has 13 aromatic carbocycles. The van der Waals surface area contributed by atoms with Crippen molar-refractivity contribution in [3.05, 3.63) is 451 Å². The molecule has 17 nitrogen and oxygen atoms in total. The molecular formula is C106H105BrCl5N7O10S5. The average Bonchev–Trinajstić information content (AvgIpc) is 1.28. The average molecular weight is 2050 g/mol. The molecule has 0 spiro atoms. The molecule has 0 radical (unpaired) electrons. The van der Waals surface area contributed by atoms with Crippen molar-refractivity contribution in [2.24, 2.45) is 0 Å². The number of aryl methyl sites for hydroxylation is 11. The Labute approximate surface area is 822 Å². The first-order valence-electron chi connectivity index (χ1n) is 42.8. The first-order valence-corrected chi connectivity index (χ1v) is 53.6. The van der Waals surface area contributed by atoms with Crippen LogP contribution in [0, 0.1) is 69.2 Å². The van der Waals surface area contributed by atoms with E-state index in [-0.39, 0.29) is 43.0 Å². The van der Waals surface area contributed by atoms with Gasteiger partial charge in [-0.3, -0.25) is 14.4 Å². The summed E-state index contributed by atoms with van der Waals surface area (Å²) in [7, 11) is -17.5. The number of aromatic nitrogens is 3. The lowest BCUT2D eigenvalue weighted by atomic mass is 10.1. The normalized spacial score (nSPS) is 11.4. The van der Waals surface area contributed by atoms with E-state index in [2.05, 4.69) is 98.6 Å². The van der Waals surface area contributed by atoms with Crippen LogP contribution in [-0.2, 0) is 111 Å². The number of sulfone groups is 4. The van der Waals surface area contributed by atoms with Crippen molar-refractivity contribution in [3.8, 4) is 0 Å². The summed E-state index contributed by atoms with van der Waals surface area (Å²) >= 11 is 33.5. The molecule has 2 heterocycles. The fourth-order valence-electron chi connectivity index (χ4n) is 14.7. The molecule has 0 aliphatic carbocycles. The van der Waals surface area contributed by atoms with E-state index >= 15 is 0 Å². The largest absolute Gasteiger partial charge is 0.381 e. The van der Waals surface area contributed by atoms with Gasteiger partial charge in [-0.15, -0.1) is 0 Å². The van der Waals surface area contributed by atoms with E-state index in [1.54, 1.807) is 85.5 Å². The quantitative estimate of drug-likeness (QED) is 0.0318. The van der Waals surface area contributed by atoms with Crippen molar-refractivity contribution in [1.82, 2.24) is 14.8 Å². The third-order valence-corrected chi connectivity index (χ3v) is 32.6. The van der Waals surface area contributed by atoms with Gasteiger partial charge in [0.25, 0.3) is 10.0 Å². The van der Waals surface area contributed by atoms with E-state index in [4.69, 9.17) is 58.0 Å². The van der Waals surface area contributed by atoms with Crippen LogP contribution in [0.1, 0.15) is 111 Å². The number of benzene rings is 13. The van der Waals surface area contributed by atoms with Gasteiger partial charge in [-0.2, -0.15) is 5.10 Å². The number of nitrogens with zero attached hydrogens (tertiary/aromatic N) is 3. The minimum Gasteiger partial charge on any atom is -0.381 e. The van der Waals surface area contributed by atoms with Gasteiger partial charge in [0.2, 0.25) is 0 Å². The zero-order valence-corrected chi connectivity index (χ0v) is 85.2. The maximum atomic E-state index is 12.8. The van der Waals surface area contributed by atoms with E-state index in [9.17, 15) is 42.1 Å². The monoisotopic (exact) mass is 2050 g/mol. The lowest BCUT2D eigenvalue weighted by molar-refractivity contribution is 0.593. The summed E-state index contributed by atoms with van der Waals surface area (Å²) in [6, 6.07) is 89.4. The zero-order chi connectivity index (χ0) is 96.7. The predicted octanol–water partition coefficient (Wildman–Crippen LogP) is 26.5. The number of sulfonamides is 1. The molecule has 0 aliphatic heterocycles. The Morgan fingerprint density at radius 2 is 0.821 bits per heavy atom. The summed E-state index contributed by atoms with van der Waals surface area (Å²) < 4.78 is 133. The third kappa shape index (κ3) is 30.3. The van der Waals surface area contributed by atoms with Crippen LogP contribution in [0.3, 0.4) is 0 Å². The van der Waals surface area contributed by atoms with E-state index < -0.39 is 49.4 Å². The summed E-state index contributed by atoms with van der Waals surface area (Å²) in [6.07, 6.45) is 6.43. The number of hydrogen-bond donors (Lipinski definition) is 4. The molecule has 0 fully saturated rings. The number of nitrogens with one attached hydrogen (secondary N) is 4. The summed E-state index contributed by atoms with van der Waals surface area (Å²) in [5.41, 5.74) is 23.0. The standard InChI is InChI=1S/2C23H25NO2S.C21H20BrNO2S.C20H16Cl3NO2S.C19H19Cl2N3O2S/c1-17-11-13-22(14-12-17)27(25,26)16-21-9-5-4-8-20(21)15-24-23-10-6-7-18(2)19(23)3;1-17-8-11-22(12-9-17)27(25,26)16-21-7-5-4-6-20(21)15-24-23-13-10-18(2)14-19(23)3;1-16-9-11-21(12-10-16)26(24,25)15-18-6-3-2-5-17(18)14-23-20-8-4-7-19(22)13-20;21-17-11-19(23)20(12-18(17)22)27(25,26)13-15-5-3-4-14(10-15)7-8-16-6-1-2-9-24-16;1-12-6-13(2)19(14(3)7-12)27(25,26)23-17-9-22-24(11-17)10-15-4-5-16(20)8-18(15)21/h2*4-14,24H,15-16H2,1-3H3;2-13,23H,14-15H2,1H3;1-6,9-12H,7-8,13H2;4-9,11,23H,10H2,1-3H3. The molecule has 0 aliphatic rings. The highest BCUT2D eigenvalue weighted by Gasteiger charge is 2.26. The van der Waals surface area contributed by atoms with Crippen LogP contribution < -0.4 is 20.7 Å². The zero-order valence-electron chi connectivity index (χ0n) is 75.7. The van der Waals surface area contributed by atoms with Gasteiger partial charge in [-0.1, -0.05) is 290 Å². The second-order valence-corrected chi connectivity index (χ2v) is 45.3. The van der Waals surface area contributed by atoms with Crippen LogP contribution in [0.5, 0.6) is 0 Å². The van der Waals surface area contributed by atoms with Gasteiger partial charge in [0.1, 0.15) is 0 Å². The first kappa shape index (κ1) is 104. The molecule has 2 aromatic heterocycles. The molecule has 696 valence electrons. The van der Waals surface area contributed by atoms with Crippen molar-refractivity contribution in [2.75, 3.05) is 20.7 Å². The molecule has 0 bridgehead atoms. The molecule has 134 heavy (non-hydrogen) atoms. The van der Waals surface area contributed by atoms with Crippen LogP contribution in [0.4, 0.5) is 22.7 Å². The molecule has 0 atom stereocenters. The van der Waals surface area contributed by atoms with Gasteiger partial charge in [0.05, 0.1) is 81.0 Å². The molecule has 0 unspecified atom stereocenters. The Morgan fingerprint density at radius 1 is 0.343 bits per heavy atom. The lowest BCUT2D eigenvalue weighted by Crippen LogP contribution is -2.15. The molecule has 0 saturated heterocycles. The van der Waals surface area contributed by atoms with E-state index in [0.29, 0.717) is 78.2 Å². The molecule has 28 heteroatoms. The lowest BCUT2D eigenvalue weighted by Gasteiger charge is -2.14. The number of pyridine rings is 1. The highest BCUT2D eigenvalue weighted by atomic mass is 79.9. The Balaban J connectivity index is 0.000000161. The smallest absolute Gasteiger partial charge is 0.262 e. The number of halogens is 6. The highest BCUT2D eigenvalue weighted by Crippen LogP contribution is 2.35. The Bertz CT molecular complexity index is 7220. The van der Waals surface area contributed by atoms with Crippen molar-refractivity contribution < 1.29 is 42.1 Å². The number of hydrogen-bond acceptors (Lipinski definition) is 15. The molecule has 4 N–H and O–H groups in total. The second kappa shape index (κ2) is 47.5. The van der Waals surface area contributed by atoms with Crippen molar-refractivity contribution >= 4 is 146 Å². The Morgan fingerprint density at radius 3 is 1.34 bits per heavy atom. The van der Waals surface area contributed by atoms with Crippen LogP contribution in [0.2, 0.25) is 25.1 Å². The molecule has 0 saturated carbocycles. The fraction of sp³-hybridized carbons (Fsp3) is 0.189. The van der Waals surface area contributed by atoms with Crippen LogP contribution in [-0.4, -0.2) is 56.9 Å². The van der Waals surface area contributed by atoms with Gasteiger partial charge in [-0.05, 0) is 263 Å². The van der Waals surface area contributed by atoms with Crippen LogP contribution >= 0.6 is 73.9 Å². The van der Waals surface area contributed by atoms with Crippen molar-refractivity contribution in [1.29, 1.82) is 0 Å². The van der Waals surface area contributed by atoms with E-state index in [1.807, 2.05) is 228 Å². The Hall–Kier alpha value is -10.9. The van der Waals surface area contributed by atoms with Gasteiger partial charge in [0, 0.05) is 69.3 Å². The minimum atomic E-state index is -3.71. The minimum absolute atomic E-state index is 0.000708. The third-order valence-electron chi connectivity index (χ3n) is 21.9. The van der Waals surface area contributed by atoms with E-state index in [0.717, 1.165) is 107 Å². The van der Waals surface area contributed by atoms with Gasteiger partial charge in [-0.25, -0.2) is 42.1 Å².